The number of rotatable bonds is 6. The molecule has 1 atom stereocenters. The number of benzene rings is 1. The Morgan fingerprint density at radius 3 is 2.78 bits per heavy atom. The summed E-state index contributed by atoms with van der Waals surface area (Å²) in [6.07, 6.45) is 5.11. The fraction of sp³-hybridized carbons (Fsp3) is 0.400. The number of hydrogen-bond acceptors (Lipinski definition) is 2. The summed E-state index contributed by atoms with van der Waals surface area (Å²) in [5, 5.41) is 3.29. The predicted octanol–water partition coefficient (Wildman–Crippen LogP) is 2.80. The SMILES string of the molecule is CCNCc1cn(C(C)Cc2ccccc2)cn1. The van der Waals surface area contributed by atoms with Crippen molar-refractivity contribution in [3.63, 3.8) is 0 Å². The quantitative estimate of drug-likeness (QED) is 0.845. The third-order valence-electron chi connectivity index (χ3n) is 3.09. The highest BCUT2D eigenvalue weighted by Crippen LogP contribution is 2.14. The summed E-state index contributed by atoms with van der Waals surface area (Å²) in [6.45, 7) is 6.16. The standard InChI is InChI=1S/C15H21N3/c1-3-16-10-15-11-18(12-17-15)13(2)9-14-7-5-4-6-8-14/h4-8,11-13,16H,3,9-10H2,1-2H3. The fourth-order valence-electron chi connectivity index (χ4n) is 2.03. The van der Waals surface area contributed by atoms with Gasteiger partial charge in [-0.15, -0.1) is 0 Å². The molecule has 3 nitrogen and oxygen atoms in total. The number of nitrogens with one attached hydrogen (secondary N) is 1. The molecule has 0 saturated heterocycles. The number of imidazole rings is 1. The number of hydrogen-bond donors (Lipinski definition) is 1. The van der Waals surface area contributed by atoms with E-state index < -0.39 is 0 Å². The molecule has 1 aromatic carbocycles. The molecule has 1 unspecified atom stereocenters. The summed E-state index contributed by atoms with van der Waals surface area (Å²) in [5.41, 5.74) is 2.48. The summed E-state index contributed by atoms with van der Waals surface area (Å²) < 4.78 is 2.19. The van der Waals surface area contributed by atoms with Crippen LogP contribution in [0.4, 0.5) is 0 Å². The Balaban J connectivity index is 1.96. The summed E-state index contributed by atoms with van der Waals surface area (Å²) >= 11 is 0. The predicted molar refractivity (Wildman–Crippen MR) is 74.5 cm³/mol. The Morgan fingerprint density at radius 1 is 1.28 bits per heavy atom. The average Bonchev–Trinajstić information content (AvgIpc) is 2.86. The first-order valence-corrected chi connectivity index (χ1v) is 6.56. The van der Waals surface area contributed by atoms with Crippen LogP contribution in [0.3, 0.4) is 0 Å². The van der Waals surface area contributed by atoms with Crippen molar-refractivity contribution < 1.29 is 0 Å². The van der Waals surface area contributed by atoms with Gasteiger partial charge in [0.25, 0.3) is 0 Å². The molecule has 2 rings (SSSR count). The number of nitrogens with zero attached hydrogens (tertiary/aromatic N) is 2. The Kier molecular flexibility index (Phi) is 4.53. The molecule has 1 N–H and O–H groups in total. The van der Waals surface area contributed by atoms with Crippen LogP contribution in [0, 0.1) is 0 Å². The van der Waals surface area contributed by atoms with Crippen molar-refractivity contribution in [3.05, 3.63) is 54.1 Å². The molecule has 2 aromatic rings. The van der Waals surface area contributed by atoms with Gasteiger partial charge in [-0.25, -0.2) is 4.98 Å². The highest BCUT2D eigenvalue weighted by atomic mass is 15.1. The van der Waals surface area contributed by atoms with Crippen LogP contribution < -0.4 is 5.32 Å². The number of aromatic nitrogens is 2. The van der Waals surface area contributed by atoms with Crippen LogP contribution in [-0.4, -0.2) is 16.1 Å². The van der Waals surface area contributed by atoms with Gasteiger partial charge in [0.1, 0.15) is 0 Å². The van der Waals surface area contributed by atoms with Crippen molar-refractivity contribution >= 4 is 0 Å². The van der Waals surface area contributed by atoms with Gasteiger partial charge in [-0.1, -0.05) is 37.3 Å². The van der Waals surface area contributed by atoms with E-state index in [1.54, 1.807) is 0 Å². The lowest BCUT2D eigenvalue weighted by Crippen LogP contribution is -2.12. The van der Waals surface area contributed by atoms with Crippen LogP contribution in [0.5, 0.6) is 0 Å². The molecule has 0 amide bonds. The highest BCUT2D eigenvalue weighted by Gasteiger charge is 2.06. The van der Waals surface area contributed by atoms with Crippen molar-refractivity contribution in [2.24, 2.45) is 0 Å². The lowest BCUT2D eigenvalue weighted by Gasteiger charge is -2.12. The van der Waals surface area contributed by atoms with E-state index in [9.17, 15) is 0 Å². The monoisotopic (exact) mass is 243 g/mol. The van der Waals surface area contributed by atoms with Crippen LogP contribution in [0.15, 0.2) is 42.9 Å². The maximum Gasteiger partial charge on any atom is 0.0952 e. The van der Waals surface area contributed by atoms with Crippen LogP contribution in [0.2, 0.25) is 0 Å². The molecule has 0 aliphatic heterocycles. The maximum atomic E-state index is 4.42. The molecule has 1 aromatic heterocycles. The van der Waals surface area contributed by atoms with Gasteiger partial charge in [-0.05, 0) is 25.5 Å². The first-order valence-electron chi connectivity index (χ1n) is 6.56. The van der Waals surface area contributed by atoms with E-state index in [0.717, 1.165) is 25.2 Å². The molecule has 0 aliphatic carbocycles. The van der Waals surface area contributed by atoms with E-state index in [0.29, 0.717) is 6.04 Å². The van der Waals surface area contributed by atoms with Gasteiger partial charge in [-0.2, -0.15) is 0 Å². The molecule has 3 heteroatoms. The lowest BCUT2D eigenvalue weighted by molar-refractivity contribution is 0.543. The second-order valence-electron chi connectivity index (χ2n) is 4.63. The Labute approximate surface area is 109 Å². The Hall–Kier alpha value is -1.61. The van der Waals surface area contributed by atoms with Gasteiger partial charge < -0.3 is 9.88 Å². The molecular formula is C15H21N3. The van der Waals surface area contributed by atoms with Crippen molar-refractivity contribution in [3.8, 4) is 0 Å². The smallest absolute Gasteiger partial charge is 0.0952 e. The van der Waals surface area contributed by atoms with Crippen LogP contribution in [0.25, 0.3) is 0 Å². The molecular weight excluding hydrogens is 222 g/mol. The van der Waals surface area contributed by atoms with Gasteiger partial charge in [-0.3, -0.25) is 0 Å². The topological polar surface area (TPSA) is 29.9 Å². The summed E-state index contributed by atoms with van der Waals surface area (Å²) in [4.78, 5) is 4.42. The molecule has 18 heavy (non-hydrogen) atoms. The third-order valence-corrected chi connectivity index (χ3v) is 3.09. The van der Waals surface area contributed by atoms with Crippen molar-refractivity contribution in [2.75, 3.05) is 6.54 Å². The van der Waals surface area contributed by atoms with Gasteiger partial charge in [0.2, 0.25) is 0 Å². The summed E-state index contributed by atoms with van der Waals surface area (Å²) in [5.74, 6) is 0. The molecule has 96 valence electrons. The van der Waals surface area contributed by atoms with E-state index in [-0.39, 0.29) is 0 Å². The zero-order chi connectivity index (χ0) is 12.8. The van der Waals surface area contributed by atoms with E-state index in [1.807, 2.05) is 6.33 Å². The molecule has 1 heterocycles. The van der Waals surface area contributed by atoms with Crippen LogP contribution in [0.1, 0.15) is 31.1 Å². The largest absolute Gasteiger partial charge is 0.334 e. The van der Waals surface area contributed by atoms with Gasteiger partial charge in [0.15, 0.2) is 0 Å². The fourth-order valence-corrected chi connectivity index (χ4v) is 2.03. The lowest BCUT2D eigenvalue weighted by atomic mass is 10.1. The average molecular weight is 243 g/mol. The van der Waals surface area contributed by atoms with E-state index in [1.165, 1.54) is 5.56 Å². The molecule has 0 fully saturated rings. The summed E-state index contributed by atoms with van der Waals surface area (Å²) in [6, 6.07) is 11.0. The molecule has 0 aliphatic rings. The zero-order valence-corrected chi connectivity index (χ0v) is 11.1. The van der Waals surface area contributed by atoms with Crippen molar-refractivity contribution in [1.29, 1.82) is 0 Å². The Morgan fingerprint density at radius 2 is 2.06 bits per heavy atom. The molecule has 0 spiro atoms. The van der Waals surface area contributed by atoms with Crippen molar-refractivity contribution in [1.82, 2.24) is 14.9 Å². The van der Waals surface area contributed by atoms with Gasteiger partial charge in [0.05, 0.1) is 12.0 Å². The van der Waals surface area contributed by atoms with Gasteiger partial charge >= 0.3 is 0 Å². The normalized spacial score (nSPS) is 12.6. The van der Waals surface area contributed by atoms with E-state index in [4.69, 9.17) is 0 Å². The minimum absolute atomic E-state index is 0.440. The second kappa shape index (κ2) is 6.36. The molecule has 0 bridgehead atoms. The zero-order valence-electron chi connectivity index (χ0n) is 11.1. The minimum Gasteiger partial charge on any atom is -0.334 e. The van der Waals surface area contributed by atoms with Crippen LogP contribution >= 0.6 is 0 Å². The third kappa shape index (κ3) is 3.44. The first kappa shape index (κ1) is 12.8. The molecule has 0 saturated carbocycles. The second-order valence-corrected chi connectivity index (χ2v) is 4.63. The van der Waals surface area contributed by atoms with Crippen LogP contribution in [-0.2, 0) is 13.0 Å². The highest BCUT2D eigenvalue weighted by molar-refractivity contribution is 5.15. The summed E-state index contributed by atoms with van der Waals surface area (Å²) in [7, 11) is 0. The maximum absolute atomic E-state index is 4.42. The first-order chi connectivity index (χ1) is 8.79. The minimum atomic E-state index is 0.440. The van der Waals surface area contributed by atoms with E-state index >= 15 is 0 Å². The van der Waals surface area contributed by atoms with E-state index in [2.05, 4.69) is 65.2 Å². The van der Waals surface area contributed by atoms with Gasteiger partial charge in [0, 0.05) is 18.8 Å². The Bertz CT molecular complexity index is 462. The van der Waals surface area contributed by atoms with Crippen molar-refractivity contribution in [2.45, 2.75) is 32.9 Å². The molecule has 0 radical (unpaired) electrons.